The van der Waals surface area contributed by atoms with Crippen LogP contribution in [0.25, 0.3) is 10.1 Å². The second-order valence-electron chi connectivity index (χ2n) is 6.29. The fourth-order valence-corrected chi connectivity index (χ4v) is 4.97. The molecule has 0 amide bonds. The van der Waals surface area contributed by atoms with Crippen molar-refractivity contribution in [3.8, 4) is 0 Å². The molecule has 1 aromatic carbocycles. The maximum Gasteiger partial charge on any atom is 0.0346 e. The van der Waals surface area contributed by atoms with Crippen LogP contribution in [0.5, 0.6) is 0 Å². The number of nitrogens with one attached hydrogen (secondary N) is 1. The number of rotatable bonds is 2. The predicted molar refractivity (Wildman–Crippen MR) is 86.3 cm³/mol. The van der Waals surface area contributed by atoms with Gasteiger partial charge in [0.05, 0.1) is 0 Å². The molecule has 4 rings (SSSR count). The van der Waals surface area contributed by atoms with Crippen LogP contribution in [0, 0.1) is 0 Å². The highest BCUT2D eigenvalue weighted by Crippen LogP contribution is 2.38. The van der Waals surface area contributed by atoms with E-state index < -0.39 is 0 Å². The van der Waals surface area contributed by atoms with Gasteiger partial charge in [0.25, 0.3) is 0 Å². The molecular formula is C17H22N2S. The highest BCUT2D eigenvalue weighted by atomic mass is 32.1. The lowest BCUT2D eigenvalue weighted by Gasteiger charge is -2.45. The van der Waals surface area contributed by atoms with Gasteiger partial charge in [-0.2, -0.15) is 0 Å². The monoisotopic (exact) mass is 286 g/mol. The summed E-state index contributed by atoms with van der Waals surface area (Å²) >= 11 is 1.89. The average molecular weight is 286 g/mol. The van der Waals surface area contributed by atoms with Crippen molar-refractivity contribution in [2.75, 3.05) is 19.6 Å². The molecule has 3 heteroatoms. The normalized spacial score (nSPS) is 22.8. The van der Waals surface area contributed by atoms with Gasteiger partial charge in [0, 0.05) is 36.4 Å². The highest BCUT2D eigenvalue weighted by molar-refractivity contribution is 7.17. The van der Waals surface area contributed by atoms with Gasteiger partial charge in [0.2, 0.25) is 0 Å². The first-order valence-electron chi connectivity index (χ1n) is 7.78. The second kappa shape index (κ2) is 5.14. The van der Waals surface area contributed by atoms with Gasteiger partial charge in [-0.1, -0.05) is 31.0 Å². The Labute approximate surface area is 124 Å². The van der Waals surface area contributed by atoms with Crippen LogP contribution >= 0.6 is 11.3 Å². The summed E-state index contributed by atoms with van der Waals surface area (Å²) < 4.78 is 1.43. The Kier molecular flexibility index (Phi) is 3.29. The summed E-state index contributed by atoms with van der Waals surface area (Å²) in [4.78, 5) is 2.77. The first-order valence-corrected chi connectivity index (χ1v) is 8.66. The van der Waals surface area contributed by atoms with Gasteiger partial charge >= 0.3 is 0 Å². The Hall–Kier alpha value is -0.900. The second-order valence-corrected chi connectivity index (χ2v) is 7.20. The molecule has 2 nitrogen and oxygen atoms in total. The Bertz CT molecular complexity index is 598. The Morgan fingerprint density at radius 3 is 2.95 bits per heavy atom. The van der Waals surface area contributed by atoms with E-state index in [1.165, 1.54) is 54.4 Å². The molecule has 20 heavy (non-hydrogen) atoms. The maximum absolute atomic E-state index is 3.63. The van der Waals surface area contributed by atoms with Gasteiger partial charge in [0.15, 0.2) is 0 Å². The number of fused-ring (bicyclic) bond motifs is 1. The first kappa shape index (κ1) is 12.8. The minimum Gasteiger partial charge on any atom is -0.314 e. The summed E-state index contributed by atoms with van der Waals surface area (Å²) in [6, 6.07) is 8.84. The number of nitrogens with zero attached hydrogens (tertiary/aromatic N) is 1. The van der Waals surface area contributed by atoms with E-state index in [9.17, 15) is 0 Å². The van der Waals surface area contributed by atoms with Gasteiger partial charge < -0.3 is 5.32 Å². The lowest BCUT2D eigenvalue weighted by Crippen LogP contribution is -2.59. The Morgan fingerprint density at radius 1 is 1.20 bits per heavy atom. The molecule has 1 saturated carbocycles. The van der Waals surface area contributed by atoms with E-state index in [2.05, 4.69) is 39.9 Å². The van der Waals surface area contributed by atoms with Crippen LogP contribution in [-0.4, -0.2) is 30.1 Å². The van der Waals surface area contributed by atoms with Crippen LogP contribution in [0.15, 0.2) is 29.6 Å². The smallest absolute Gasteiger partial charge is 0.0346 e. The van der Waals surface area contributed by atoms with Gasteiger partial charge in [-0.05, 0) is 35.2 Å². The minimum atomic E-state index is 0.446. The van der Waals surface area contributed by atoms with Crippen molar-refractivity contribution < 1.29 is 0 Å². The summed E-state index contributed by atoms with van der Waals surface area (Å²) in [6.07, 6.45) is 5.56. The van der Waals surface area contributed by atoms with Gasteiger partial charge in [-0.3, -0.25) is 4.90 Å². The highest BCUT2D eigenvalue weighted by Gasteiger charge is 2.41. The molecule has 0 bridgehead atoms. The van der Waals surface area contributed by atoms with Crippen molar-refractivity contribution in [3.05, 3.63) is 35.2 Å². The van der Waals surface area contributed by atoms with Crippen molar-refractivity contribution >= 4 is 21.4 Å². The molecule has 0 unspecified atom stereocenters. The van der Waals surface area contributed by atoms with Crippen LogP contribution < -0.4 is 5.32 Å². The summed E-state index contributed by atoms with van der Waals surface area (Å²) in [5.74, 6) is 0. The summed E-state index contributed by atoms with van der Waals surface area (Å²) in [7, 11) is 0. The zero-order valence-electron chi connectivity index (χ0n) is 11.9. The molecule has 2 aromatic rings. The Balaban J connectivity index is 1.63. The van der Waals surface area contributed by atoms with Crippen molar-refractivity contribution in [1.29, 1.82) is 0 Å². The van der Waals surface area contributed by atoms with Crippen LogP contribution in [-0.2, 0) is 6.54 Å². The van der Waals surface area contributed by atoms with Crippen molar-refractivity contribution in [2.24, 2.45) is 0 Å². The fraction of sp³-hybridized carbons (Fsp3) is 0.529. The van der Waals surface area contributed by atoms with Crippen molar-refractivity contribution in [3.63, 3.8) is 0 Å². The van der Waals surface area contributed by atoms with Gasteiger partial charge in [-0.15, -0.1) is 11.3 Å². The molecule has 0 atom stereocenters. The third-order valence-corrected chi connectivity index (χ3v) is 6.15. The van der Waals surface area contributed by atoms with E-state index in [4.69, 9.17) is 0 Å². The predicted octanol–water partition coefficient (Wildman–Crippen LogP) is 3.62. The SMILES string of the molecule is c1ccc2c(CN3CCNCC34CCCC4)csc2c1. The van der Waals surface area contributed by atoms with E-state index in [1.54, 1.807) is 0 Å². The first-order chi connectivity index (χ1) is 9.87. The van der Waals surface area contributed by atoms with E-state index in [1.807, 2.05) is 11.3 Å². The zero-order chi connectivity index (χ0) is 13.4. The van der Waals surface area contributed by atoms with Crippen LogP contribution in [0.4, 0.5) is 0 Å². The maximum atomic E-state index is 3.63. The van der Waals surface area contributed by atoms with E-state index in [0.29, 0.717) is 5.54 Å². The number of benzene rings is 1. The van der Waals surface area contributed by atoms with Crippen molar-refractivity contribution in [2.45, 2.75) is 37.8 Å². The third-order valence-electron chi connectivity index (χ3n) is 5.14. The van der Waals surface area contributed by atoms with Crippen LogP contribution in [0.2, 0.25) is 0 Å². The summed E-state index contributed by atoms with van der Waals surface area (Å²) in [6.45, 7) is 4.66. The molecule has 1 aliphatic carbocycles. The van der Waals surface area contributed by atoms with Crippen molar-refractivity contribution in [1.82, 2.24) is 10.2 Å². The standard InChI is InChI=1S/C17H22N2S/c1-2-6-16-15(5-1)14(12-20-16)11-19-10-9-18-13-17(19)7-3-4-8-17/h1-2,5-6,12,18H,3-4,7-11,13H2. The molecule has 1 aromatic heterocycles. The third kappa shape index (κ3) is 2.09. The van der Waals surface area contributed by atoms with Gasteiger partial charge in [-0.25, -0.2) is 0 Å². The number of hydrogen-bond acceptors (Lipinski definition) is 3. The lowest BCUT2D eigenvalue weighted by atomic mass is 9.92. The topological polar surface area (TPSA) is 15.3 Å². The average Bonchev–Trinajstić information content (AvgIpc) is 3.10. The number of thiophene rings is 1. The molecule has 1 aliphatic heterocycles. The molecule has 1 saturated heterocycles. The Morgan fingerprint density at radius 2 is 2.05 bits per heavy atom. The molecule has 2 heterocycles. The molecule has 106 valence electrons. The molecular weight excluding hydrogens is 264 g/mol. The summed E-state index contributed by atoms with van der Waals surface area (Å²) in [5.41, 5.74) is 1.97. The van der Waals surface area contributed by atoms with E-state index in [-0.39, 0.29) is 0 Å². The minimum absolute atomic E-state index is 0.446. The van der Waals surface area contributed by atoms with Crippen LogP contribution in [0.3, 0.4) is 0 Å². The number of hydrogen-bond donors (Lipinski definition) is 1. The molecule has 2 fully saturated rings. The lowest BCUT2D eigenvalue weighted by molar-refractivity contribution is 0.0577. The summed E-state index contributed by atoms with van der Waals surface area (Å²) in [5, 5.41) is 7.46. The van der Waals surface area contributed by atoms with E-state index in [0.717, 1.165) is 13.1 Å². The zero-order valence-corrected chi connectivity index (χ0v) is 12.7. The van der Waals surface area contributed by atoms with Crippen LogP contribution in [0.1, 0.15) is 31.2 Å². The van der Waals surface area contributed by atoms with Gasteiger partial charge in [0.1, 0.15) is 0 Å². The largest absolute Gasteiger partial charge is 0.314 e. The molecule has 2 aliphatic rings. The van der Waals surface area contributed by atoms with E-state index >= 15 is 0 Å². The quantitative estimate of drug-likeness (QED) is 0.907. The molecule has 0 radical (unpaired) electrons. The number of piperazine rings is 1. The molecule has 1 spiro atoms. The molecule has 1 N–H and O–H groups in total. The fourth-order valence-electron chi connectivity index (χ4n) is 4.02.